The lowest BCUT2D eigenvalue weighted by molar-refractivity contribution is 0.0911. The zero-order valence-corrected chi connectivity index (χ0v) is 23.5. The molecular formula is C30H32ClN5O4. The number of hydrogen-bond acceptors (Lipinski definition) is 7. The molecule has 5 rings (SSSR count). The quantitative estimate of drug-likeness (QED) is 0.255. The molecular weight excluding hydrogens is 530 g/mol. The van der Waals surface area contributed by atoms with Crippen LogP contribution in [0.3, 0.4) is 0 Å². The number of anilines is 1. The molecule has 4 aromatic rings. The van der Waals surface area contributed by atoms with Crippen molar-refractivity contribution in [3.05, 3.63) is 93.8 Å². The van der Waals surface area contributed by atoms with Crippen molar-refractivity contribution in [3.8, 4) is 17.2 Å². The lowest BCUT2D eigenvalue weighted by Crippen LogP contribution is -2.33. The molecule has 1 fully saturated rings. The van der Waals surface area contributed by atoms with Crippen molar-refractivity contribution in [1.29, 1.82) is 0 Å². The van der Waals surface area contributed by atoms with E-state index in [0.29, 0.717) is 28.6 Å². The minimum Gasteiger partial charge on any atom is -0.493 e. The molecule has 0 bridgehead atoms. The Morgan fingerprint density at radius 1 is 1.02 bits per heavy atom. The minimum atomic E-state index is -0.714. The summed E-state index contributed by atoms with van der Waals surface area (Å²) >= 11 is 5.96. The number of aromatic nitrogens is 4. The van der Waals surface area contributed by atoms with Gasteiger partial charge in [0.15, 0.2) is 17.3 Å². The number of benzene rings is 2. The van der Waals surface area contributed by atoms with Gasteiger partial charge in [-0.1, -0.05) is 24.6 Å². The van der Waals surface area contributed by atoms with Crippen LogP contribution in [0.5, 0.6) is 11.5 Å². The third-order valence-corrected chi connectivity index (χ3v) is 7.77. The monoisotopic (exact) mass is 561 g/mol. The van der Waals surface area contributed by atoms with Gasteiger partial charge >= 0.3 is 5.69 Å². The van der Waals surface area contributed by atoms with E-state index in [1.54, 1.807) is 44.7 Å². The molecule has 0 amide bonds. The molecule has 0 aliphatic carbocycles. The van der Waals surface area contributed by atoms with Crippen molar-refractivity contribution in [3.63, 3.8) is 0 Å². The number of hydrogen-bond donors (Lipinski definition) is 0. The van der Waals surface area contributed by atoms with E-state index in [9.17, 15) is 9.59 Å². The van der Waals surface area contributed by atoms with Gasteiger partial charge in [0.2, 0.25) is 0 Å². The van der Waals surface area contributed by atoms with Crippen molar-refractivity contribution in [1.82, 2.24) is 19.3 Å². The molecule has 1 unspecified atom stereocenters. The average Bonchev–Trinajstić information content (AvgIpc) is 3.38. The van der Waals surface area contributed by atoms with Crippen LogP contribution in [0.15, 0.2) is 71.9 Å². The Kier molecular flexibility index (Phi) is 8.21. The van der Waals surface area contributed by atoms with E-state index in [-0.39, 0.29) is 11.5 Å². The van der Waals surface area contributed by atoms with Gasteiger partial charge < -0.3 is 14.4 Å². The largest absolute Gasteiger partial charge is 0.493 e. The highest BCUT2D eigenvalue weighted by Gasteiger charge is 2.25. The number of piperidine rings is 1. The summed E-state index contributed by atoms with van der Waals surface area (Å²) in [5.74, 6) is 2.59. The second kappa shape index (κ2) is 12.0. The summed E-state index contributed by atoms with van der Waals surface area (Å²) in [5.41, 5.74) is 1.93. The Labute approximate surface area is 237 Å². The maximum absolute atomic E-state index is 13.2. The molecule has 0 radical (unpaired) electrons. The zero-order chi connectivity index (χ0) is 28.2. The highest BCUT2D eigenvalue weighted by Crippen LogP contribution is 2.35. The Bertz CT molecular complexity index is 1520. The van der Waals surface area contributed by atoms with Crippen molar-refractivity contribution in [2.75, 3.05) is 32.2 Å². The van der Waals surface area contributed by atoms with Crippen LogP contribution in [0.2, 0.25) is 5.02 Å². The molecule has 1 aliphatic rings. The van der Waals surface area contributed by atoms with Gasteiger partial charge in [-0.3, -0.25) is 4.79 Å². The normalized spacial score (nSPS) is 14.7. The molecule has 9 nitrogen and oxygen atoms in total. The zero-order valence-electron chi connectivity index (χ0n) is 22.8. The summed E-state index contributed by atoms with van der Waals surface area (Å²) in [6, 6.07) is 15.8. The first-order chi connectivity index (χ1) is 19.4. The van der Waals surface area contributed by atoms with Gasteiger partial charge in [0.25, 0.3) is 0 Å². The first-order valence-electron chi connectivity index (χ1n) is 13.3. The van der Waals surface area contributed by atoms with Crippen molar-refractivity contribution in [2.45, 2.75) is 38.1 Å². The van der Waals surface area contributed by atoms with Gasteiger partial charge in [0, 0.05) is 23.7 Å². The lowest BCUT2D eigenvalue weighted by Gasteiger charge is -2.33. The number of Topliss-reactive ketones (excluding diaryl/α,β-unsaturated/α-hetero) is 1. The first kappa shape index (κ1) is 27.5. The van der Waals surface area contributed by atoms with Crippen molar-refractivity contribution in [2.24, 2.45) is 0 Å². The number of methoxy groups -OCH3 is 2. The number of nitrogens with zero attached hydrogens (tertiary/aromatic N) is 5. The number of rotatable bonds is 9. The molecule has 2 aromatic heterocycles. The Morgan fingerprint density at radius 3 is 2.38 bits per heavy atom. The summed E-state index contributed by atoms with van der Waals surface area (Å²) in [6.07, 6.45) is 5.52. The summed E-state index contributed by atoms with van der Waals surface area (Å²) in [7, 11) is 3.30. The topological polar surface area (TPSA) is 91.5 Å². The van der Waals surface area contributed by atoms with Crippen LogP contribution in [0.25, 0.3) is 5.69 Å². The predicted molar refractivity (Wildman–Crippen MR) is 154 cm³/mol. The van der Waals surface area contributed by atoms with Gasteiger partial charge in [-0.25, -0.2) is 19.0 Å². The van der Waals surface area contributed by atoms with Crippen molar-refractivity contribution < 1.29 is 14.3 Å². The number of pyridine rings is 1. The standard InChI is InChI=1S/C30H32ClN5O4/c1-4-25(29(37)21-5-8-23(31)9-6-21)36-30(38)35(19-33-36)24-10-12-28(32-18-24)34-15-13-20(14-16-34)22-7-11-26(39-2)27(17-22)40-3/h5-12,17-20,25H,4,13-16H2,1-3H3. The third kappa shape index (κ3) is 5.47. The van der Waals surface area contributed by atoms with Crippen LogP contribution in [0.1, 0.15) is 54.1 Å². The number of halogens is 1. The second-order valence-electron chi connectivity index (χ2n) is 9.77. The highest BCUT2D eigenvalue weighted by atomic mass is 35.5. The van der Waals surface area contributed by atoms with Crippen LogP contribution in [0, 0.1) is 0 Å². The van der Waals surface area contributed by atoms with Crippen LogP contribution in [-0.2, 0) is 0 Å². The van der Waals surface area contributed by atoms with E-state index in [0.717, 1.165) is 43.2 Å². The molecule has 3 heterocycles. The van der Waals surface area contributed by atoms with Crippen LogP contribution in [0.4, 0.5) is 5.82 Å². The average molecular weight is 562 g/mol. The molecule has 1 atom stereocenters. The predicted octanol–water partition coefficient (Wildman–Crippen LogP) is 5.32. The minimum absolute atomic E-state index is 0.184. The lowest BCUT2D eigenvalue weighted by atomic mass is 9.89. The molecule has 0 N–H and O–H groups in total. The van der Waals surface area contributed by atoms with Crippen molar-refractivity contribution >= 4 is 23.2 Å². The maximum atomic E-state index is 13.2. The fraction of sp³-hybridized carbons (Fsp3) is 0.333. The molecule has 2 aromatic carbocycles. The smallest absolute Gasteiger partial charge is 0.351 e. The second-order valence-corrected chi connectivity index (χ2v) is 10.2. The fourth-order valence-electron chi connectivity index (χ4n) is 5.24. The van der Waals surface area contributed by atoms with Gasteiger partial charge in [-0.05, 0) is 79.3 Å². The molecule has 208 valence electrons. The van der Waals surface area contributed by atoms with E-state index in [1.807, 2.05) is 25.1 Å². The maximum Gasteiger partial charge on any atom is 0.351 e. The molecule has 40 heavy (non-hydrogen) atoms. The van der Waals surface area contributed by atoms with Gasteiger partial charge in [-0.2, -0.15) is 5.10 Å². The summed E-state index contributed by atoms with van der Waals surface area (Å²) in [4.78, 5) is 33.2. The third-order valence-electron chi connectivity index (χ3n) is 7.52. The Balaban J connectivity index is 1.27. The van der Waals surface area contributed by atoms with E-state index in [1.165, 1.54) is 21.1 Å². The number of carbonyl (C=O) groups is 1. The van der Waals surface area contributed by atoms with Gasteiger partial charge in [0.05, 0.1) is 26.1 Å². The highest BCUT2D eigenvalue weighted by molar-refractivity contribution is 6.30. The number of carbonyl (C=O) groups excluding carboxylic acids is 1. The van der Waals surface area contributed by atoms with Gasteiger partial charge in [-0.15, -0.1) is 0 Å². The Morgan fingerprint density at radius 2 is 1.75 bits per heavy atom. The number of ether oxygens (including phenoxy) is 2. The van der Waals surface area contributed by atoms with E-state index >= 15 is 0 Å². The SMILES string of the molecule is CCC(C(=O)c1ccc(Cl)cc1)n1ncn(-c2ccc(N3CCC(c4ccc(OC)c(OC)c4)CC3)nc2)c1=O. The molecule has 1 saturated heterocycles. The van der Waals surface area contributed by atoms with Crippen LogP contribution < -0.4 is 20.1 Å². The summed E-state index contributed by atoms with van der Waals surface area (Å²) in [6.45, 7) is 3.59. The first-order valence-corrected chi connectivity index (χ1v) is 13.7. The summed E-state index contributed by atoms with van der Waals surface area (Å²) in [5, 5.41) is 4.81. The molecule has 1 aliphatic heterocycles. The molecule has 0 saturated carbocycles. The molecule has 10 heteroatoms. The van der Waals surface area contributed by atoms with E-state index in [4.69, 9.17) is 21.1 Å². The van der Waals surface area contributed by atoms with Crippen LogP contribution in [-0.4, -0.2) is 52.4 Å². The van der Waals surface area contributed by atoms with E-state index < -0.39 is 6.04 Å². The number of ketones is 1. The fourth-order valence-corrected chi connectivity index (χ4v) is 5.37. The van der Waals surface area contributed by atoms with Gasteiger partial charge in [0.1, 0.15) is 18.2 Å². The van der Waals surface area contributed by atoms with E-state index in [2.05, 4.69) is 27.1 Å². The summed E-state index contributed by atoms with van der Waals surface area (Å²) < 4.78 is 13.5. The van der Waals surface area contributed by atoms with Crippen LogP contribution >= 0.6 is 11.6 Å². The Hall–Kier alpha value is -4.11. The molecule has 0 spiro atoms.